The highest BCUT2D eigenvalue weighted by atomic mass is 16.6. The first-order valence-electron chi connectivity index (χ1n) is 4.11. The summed E-state index contributed by atoms with van der Waals surface area (Å²) in [7, 11) is 0. The van der Waals surface area contributed by atoms with E-state index in [-0.39, 0.29) is 18.3 Å². The van der Waals surface area contributed by atoms with E-state index in [1.54, 1.807) is 6.92 Å². The Bertz CT molecular complexity index is 329. The number of nitrogens with one attached hydrogen (secondary N) is 1. The lowest BCUT2D eigenvalue weighted by atomic mass is 10.3. The van der Waals surface area contributed by atoms with Crippen molar-refractivity contribution in [2.24, 2.45) is 0 Å². The van der Waals surface area contributed by atoms with Gasteiger partial charge < -0.3 is 10.4 Å². The predicted molar refractivity (Wildman–Crippen MR) is 51.1 cm³/mol. The summed E-state index contributed by atoms with van der Waals surface area (Å²) in [5.41, 5.74) is 0.277. The lowest BCUT2D eigenvalue weighted by Gasteiger charge is -2.11. The van der Waals surface area contributed by atoms with Gasteiger partial charge in [-0.15, -0.1) is 0 Å². The number of aliphatic hydroxyl groups is 1. The topological polar surface area (TPSA) is 88.3 Å². The van der Waals surface area contributed by atoms with Gasteiger partial charge >= 0.3 is 0 Å². The molecule has 76 valence electrons. The third-order valence-corrected chi connectivity index (χ3v) is 1.67. The molecule has 0 aromatic carbocycles. The molecule has 6 heteroatoms. The van der Waals surface area contributed by atoms with Crippen molar-refractivity contribution in [1.82, 2.24) is 4.98 Å². The van der Waals surface area contributed by atoms with Gasteiger partial charge in [-0.25, -0.2) is 0 Å². The summed E-state index contributed by atoms with van der Waals surface area (Å²) in [5, 5.41) is 22.1. The zero-order chi connectivity index (χ0) is 10.6. The van der Waals surface area contributed by atoms with Crippen molar-refractivity contribution in [2.45, 2.75) is 13.0 Å². The molecule has 0 saturated heterocycles. The number of anilines is 1. The summed E-state index contributed by atoms with van der Waals surface area (Å²) >= 11 is 0. The van der Waals surface area contributed by atoms with E-state index in [1.165, 1.54) is 18.5 Å². The molecule has 1 heterocycles. The molecule has 0 bridgehead atoms. The van der Waals surface area contributed by atoms with E-state index in [4.69, 9.17) is 5.11 Å². The molecule has 1 aromatic heterocycles. The second-order valence-corrected chi connectivity index (χ2v) is 2.88. The lowest BCUT2D eigenvalue weighted by molar-refractivity contribution is -0.384. The van der Waals surface area contributed by atoms with Crippen LogP contribution >= 0.6 is 0 Å². The third kappa shape index (κ3) is 2.40. The van der Waals surface area contributed by atoms with Gasteiger partial charge in [0.15, 0.2) is 0 Å². The maximum atomic E-state index is 10.6. The van der Waals surface area contributed by atoms with Crippen LogP contribution in [0, 0.1) is 10.1 Å². The van der Waals surface area contributed by atoms with Crippen molar-refractivity contribution in [1.29, 1.82) is 0 Å². The van der Waals surface area contributed by atoms with Crippen molar-refractivity contribution >= 4 is 11.4 Å². The van der Waals surface area contributed by atoms with E-state index in [0.29, 0.717) is 5.69 Å². The Kier molecular flexibility index (Phi) is 3.35. The summed E-state index contributed by atoms with van der Waals surface area (Å²) in [5.74, 6) is 0. The quantitative estimate of drug-likeness (QED) is 0.550. The Hall–Kier alpha value is -1.69. The van der Waals surface area contributed by atoms with Gasteiger partial charge in [-0.3, -0.25) is 15.1 Å². The lowest BCUT2D eigenvalue weighted by Crippen LogP contribution is -2.20. The van der Waals surface area contributed by atoms with Gasteiger partial charge in [-0.1, -0.05) is 0 Å². The van der Waals surface area contributed by atoms with E-state index >= 15 is 0 Å². The summed E-state index contributed by atoms with van der Waals surface area (Å²) in [6, 6.07) is 1.07. The van der Waals surface area contributed by atoms with Gasteiger partial charge in [0.25, 0.3) is 5.69 Å². The van der Waals surface area contributed by atoms with Crippen molar-refractivity contribution < 1.29 is 10.0 Å². The van der Waals surface area contributed by atoms with Crippen LogP contribution in [0.2, 0.25) is 0 Å². The fourth-order valence-corrected chi connectivity index (χ4v) is 0.969. The molecule has 14 heavy (non-hydrogen) atoms. The minimum Gasteiger partial charge on any atom is -0.394 e. The van der Waals surface area contributed by atoms with Crippen LogP contribution in [0.3, 0.4) is 0 Å². The second kappa shape index (κ2) is 4.52. The summed E-state index contributed by atoms with van der Waals surface area (Å²) in [6.45, 7) is 1.63. The van der Waals surface area contributed by atoms with Crippen molar-refractivity contribution in [2.75, 3.05) is 11.9 Å². The highest BCUT2D eigenvalue weighted by molar-refractivity contribution is 5.59. The van der Waals surface area contributed by atoms with Crippen molar-refractivity contribution in [3.8, 4) is 0 Å². The van der Waals surface area contributed by atoms with Gasteiger partial charge in [0, 0.05) is 18.3 Å². The molecule has 2 N–H and O–H groups in total. The van der Waals surface area contributed by atoms with Gasteiger partial charge in [-0.2, -0.15) is 0 Å². The first-order chi connectivity index (χ1) is 6.65. The van der Waals surface area contributed by atoms with Crippen LogP contribution in [0.1, 0.15) is 6.92 Å². The molecule has 1 aromatic rings. The van der Waals surface area contributed by atoms with Crippen LogP contribution in [-0.2, 0) is 0 Å². The van der Waals surface area contributed by atoms with Crippen LogP contribution in [0.5, 0.6) is 0 Å². The van der Waals surface area contributed by atoms with Crippen molar-refractivity contribution in [3.05, 3.63) is 28.6 Å². The molecule has 0 aliphatic rings. The first-order valence-corrected chi connectivity index (χ1v) is 4.11. The van der Waals surface area contributed by atoms with E-state index in [0.717, 1.165) is 0 Å². The maximum absolute atomic E-state index is 10.6. The number of aliphatic hydroxyl groups excluding tert-OH is 1. The molecular formula is C8H11N3O3. The minimum absolute atomic E-state index is 0.0414. The number of rotatable bonds is 4. The largest absolute Gasteiger partial charge is 0.394 e. The van der Waals surface area contributed by atoms with E-state index in [2.05, 4.69) is 10.3 Å². The number of aromatic nitrogens is 1. The highest BCUT2D eigenvalue weighted by Gasteiger charge is 2.14. The standard InChI is InChI=1S/C8H11N3O3/c1-6(5-12)10-7-4-9-3-2-8(7)11(13)14/h2-4,6,10,12H,5H2,1H3/t6-/m0/s1. The number of hydrogen-bond acceptors (Lipinski definition) is 5. The molecule has 0 spiro atoms. The predicted octanol–water partition coefficient (Wildman–Crippen LogP) is 0.782. The third-order valence-electron chi connectivity index (χ3n) is 1.67. The fraction of sp³-hybridized carbons (Fsp3) is 0.375. The van der Waals surface area contributed by atoms with Gasteiger partial charge in [0.05, 0.1) is 17.7 Å². The second-order valence-electron chi connectivity index (χ2n) is 2.88. The Morgan fingerprint density at radius 3 is 3.07 bits per heavy atom. The van der Waals surface area contributed by atoms with Crippen molar-refractivity contribution in [3.63, 3.8) is 0 Å². The average Bonchev–Trinajstić information content (AvgIpc) is 2.18. The molecule has 0 saturated carbocycles. The smallest absolute Gasteiger partial charge is 0.295 e. The fourth-order valence-electron chi connectivity index (χ4n) is 0.969. The Morgan fingerprint density at radius 2 is 2.50 bits per heavy atom. The van der Waals surface area contributed by atoms with Gasteiger partial charge in [0.2, 0.25) is 0 Å². The molecular weight excluding hydrogens is 186 g/mol. The SMILES string of the molecule is C[C@@H](CO)Nc1cnccc1[N+](=O)[O-]. The van der Waals surface area contributed by atoms with Crippen LogP contribution in [0.25, 0.3) is 0 Å². The first kappa shape index (κ1) is 10.4. The number of hydrogen-bond donors (Lipinski definition) is 2. The zero-order valence-electron chi connectivity index (χ0n) is 7.67. The van der Waals surface area contributed by atoms with Gasteiger partial charge in [-0.05, 0) is 6.92 Å². The van der Waals surface area contributed by atoms with Crippen LogP contribution in [-0.4, -0.2) is 27.7 Å². The average molecular weight is 197 g/mol. The molecule has 0 unspecified atom stereocenters. The molecule has 0 amide bonds. The number of nitro groups is 1. The zero-order valence-corrected chi connectivity index (χ0v) is 7.67. The molecule has 1 rings (SSSR count). The molecule has 6 nitrogen and oxygen atoms in total. The van der Waals surface area contributed by atoms with Gasteiger partial charge in [0.1, 0.15) is 5.69 Å². The number of pyridine rings is 1. The highest BCUT2D eigenvalue weighted by Crippen LogP contribution is 2.22. The molecule has 1 atom stereocenters. The molecule has 0 aliphatic carbocycles. The Balaban J connectivity index is 2.90. The minimum atomic E-state index is -0.492. The maximum Gasteiger partial charge on any atom is 0.295 e. The van der Waals surface area contributed by atoms with E-state index in [1.807, 2.05) is 0 Å². The monoisotopic (exact) mass is 197 g/mol. The molecule has 0 radical (unpaired) electrons. The van der Waals surface area contributed by atoms with Crippen LogP contribution < -0.4 is 5.32 Å². The van der Waals surface area contributed by atoms with Crippen LogP contribution in [0.15, 0.2) is 18.5 Å². The molecule has 0 aliphatic heterocycles. The Labute approximate surface area is 80.7 Å². The summed E-state index contributed by atoms with van der Waals surface area (Å²) < 4.78 is 0. The van der Waals surface area contributed by atoms with Crippen LogP contribution in [0.4, 0.5) is 11.4 Å². The van der Waals surface area contributed by atoms with E-state index < -0.39 is 4.92 Å². The number of nitrogens with zero attached hydrogens (tertiary/aromatic N) is 2. The Morgan fingerprint density at radius 1 is 1.79 bits per heavy atom. The normalized spacial score (nSPS) is 12.1. The summed E-state index contributed by atoms with van der Waals surface area (Å²) in [6.07, 6.45) is 2.72. The summed E-state index contributed by atoms with van der Waals surface area (Å²) in [4.78, 5) is 13.8. The molecule has 0 fully saturated rings. The van der Waals surface area contributed by atoms with E-state index in [9.17, 15) is 10.1 Å².